The van der Waals surface area contributed by atoms with Crippen LogP contribution >= 0.6 is 11.6 Å². The second-order valence-electron chi connectivity index (χ2n) is 5.09. The molecule has 128 valence electrons. The van der Waals surface area contributed by atoms with Gasteiger partial charge in [0.2, 0.25) is 0 Å². The number of rotatable bonds is 6. The highest BCUT2D eigenvalue weighted by Gasteiger charge is 2.12. The number of hydrogen-bond acceptors (Lipinski definition) is 3. The van der Waals surface area contributed by atoms with Crippen LogP contribution < -0.4 is 5.32 Å². The topological polar surface area (TPSA) is 38.3 Å². The van der Waals surface area contributed by atoms with Crippen LogP contribution in [0.25, 0.3) is 0 Å². The second-order valence-corrected chi connectivity index (χ2v) is 5.50. The SMILES string of the molecule is COC(=O)CNc1cc(CCc2c(F)cc(F)cc2F)ccc1Cl. The lowest BCUT2D eigenvalue weighted by molar-refractivity contribution is -0.138. The lowest BCUT2D eigenvalue weighted by Gasteiger charge is -2.10. The molecular formula is C17H15ClF3NO2. The van der Waals surface area contributed by atoms with Crippen molar-refractivity contribution >= 4 is 23.3 Å². The van der Waals surface area contributed by atoms with Gasteiger partial charge in [0.05, 0.1) is 17.8 Å². The Labute approximate surface area is 142 Å². The van der Waals surface area contributed by atoms with Crippen LogP contribution in [-0.2, 0) is 22.4 Å². The van der Waals surface area contributed by atoms with E-state index in [1.807, 2.05) is 0 Å². The highest BCUT2D eigenvalue weighted by atomic mass is 35.5. The molecule has 0 saturated heterocycles. The van der Waals surface area contributed by atoms with Crippen LogP contribution in [0.2, 0.25) is 5.02 Å². The fourth-order valence-corrected chi connectivity index (χ4v) is 2.37. The molecule has 0 spiro atoms. The molecule has 0 amide bonds. The average Bonchev–Trinajstić information content (AvgIpc) is 2.53. The molecule has 1 N–H and O–H groups in total. The minimum atomic E-state index is -0.950. The van der Waals surface area contributed by atoms with Gasteiger partial charge in [-0.1, -0.05) is 17.7 Å². The fraction of sp³-hybridized carbons (Fsp3) is 0.235. The molecular weight excluding hydrogens is 343 g/mol. The van der Waals surface area contributed by atoms with E-state index >= 15 is 0 Å². The lowest BCUT2D eigenvalue weighted by Crippen LogP contribution is -2.15. The maximum absolute atomic E-state index is 13.6. The van der Waals surface area contributed by atoms with Crippen LogP contribution in [0.4, 0.5) is 18.9 Å². The quantitative estimate of drug-likeness (QED) is 0.790. The summed E-state index contributed by atoms with van der Waals surface area (Å²) in [5.41, 5.74) is 1.10. The molecule has 2 aromatic rings. The third-order valence-corrected chi connectivity index (χ3v) is 3.78. The number of carbonyl (C=O) groups is 1. The predicted octanol–water partition coefficient (Wildman–Crippen LogP) is 4.13. The van der Waals surface area contributed by atoms with Gasteiger partial charge in [-0.15, -0.1) is 0 Å². The first kappa shape index (κ1) is 18.1. The number of esters is 1. The number of nitrogens with one attached hydrogen (secondary N) is 1. The molecule has 2 aromatic carbocycles. The molecule has 3 nitrogen and oxygen atoms in total. The highest BCUT2D eigenvalue weighted by Crippen LogP contribution is 2.24. The maximum Gasteiger partial charge on any atom is 0.325 e. The number of anilines is 1. The highest BCUT2D eigenvalue weighted by molar-refractivity contribution is 6.33. The molecule has 0 atom stereocenters. The van der Waals surface area contributed by atoms with Gasteiger partial charge in [0, 0.05) is 17.7 Å². The molecule has 0 saturated carbocycles. The van der Waals surface area contributed by atoms with Gasteiger partial charge >= 0.3 is 5.97 Å². The van der Waals surface area contributed by atoms with Crippen LogP contribution in [-0.4, -0.2) is 19.6 Å². The fourth-order valence-electron chi connectivity index (χ4n) is 2.18. The van der Waals surface area contributed by atoms with Crippen LogP contribution in [0.3, 0.4) is 0 Å². The first-order chi connectivity index (χ1) is 11.4. The molecule has 0 aliphatic heterocycles. The van der Waals surface area contributed by atoms with Crippen molar-refractivity contribution in [3.63, 3.8) is 0 Å². The van der Waals surface area contributed by atoms with E-state index in [1.54, 1.807) is 18.2 Å². The Hall–Kier alpha value is -2.21. The molecule has 0 bridgehead atoms. The van der Waals surface area contributed by atoms with Gasteiger partial charge in [0.15, 0.2) is 0 Å². The Bertz CT molecular complexity index is 730. The van der Waals surface area contributed by atoms with E-state index in [0.717, 1.165) is 5.56 Å². The molecule has 0 unspecified atom stereocenters. The number of ether oxygens (including phenoxy) is 1. The van der Waals surface area contributed by atoms with Gasteiger partial charge in [-0.3, -0.25) is 4.79 Å². The van der Waals surface area contributed by atoms with Crippen molar-refractivity contribution in [2.24, 2.45) is 0 Å². The summed E-state index contributed by atoms with van der Waals surface area (Å²) < 4.78 is 44.7. The largest absolute Gasteiger partial charge is 0.468 e. The van der Waals surface area contributed by atoms with Crippen LogP contribution in [0.1, 0.15) is 11.1 Å². The molecule has 7 heteroatoms. The third kappa shape index (κ3) is 4.64. The number of halogens is 4. The third-order valence-electron chi connectivity index (χ3n) is 3.45. The Balaban J connectivity index is 2.09. The minimum Gasteiger partial charge on any atom is -0.468 e. The van der Waals surface area contributed by atoms with E-state index in [1.165, 1.54) is 7.11 Å². The number of aryl methyl sites for hydroxylation is 1. The first-order valence-electron chi connectivity index (χ1n) is 7.13. The Morgan fingerprint density at radius 2 is 1.79 bits per heavy atom. The Morgan fingerprint density at radius 3 is 2.42 bits per heavy atom. The Morgan fingerprint density at radius 1 is 1.12 bits per heavy atom. The van der Waals surface area contributed by atoms with Gasteiger partial charge in [-0.25, -0.2) is 13.2 Å². The molecule has 0 fully saturated rings. The lowest BCUT2D eigenvalue weighted by atomic mass is 10.0. The van der Waals surface area contributed by atoms with Crippen molar-refractivity contribution < 1.29 is 22.7 Å². The molecule has 24 heavy (non-hydrogen) atoms. The van der Waals surface area contributed by atoms with Crippen molar-refractivity contribution in [2.45, 2.75) is 12.8 Å². The zero-order chi connectivity index (χ0) is 17.7. The molecule has 0 heterocycles. The Kier molecular flexibility index (Phi) is 6.09. The van der Waals surface area contributed by atoms with E-state index < -0.39 is 23.4 Å². The van der Waals surface area contributed by atoms with Gasteiger partial charge < -0.3 is 10.1 Å². The van der Waals surface area contributed by atoms with Gasteiger partial charge in [-0.2, -0.15) is 0 Å². The second kappa shape index (κ2) is 8.06. The van der Waals surface area contributed by atoms with Crippen molar-refractivity contribution in [2.75, 3.05) is 19.0 Å². The summed E-state index contributed by atoms with van der Waals surface area (Å²) in [5, 5.41) is 3.23. The summed E-state index contributed by atoms with van der Waals surface area (Å²) >= 11 is 6.03. The molecule has 2 rings (SSSR count). The molecule has 0 aliphatic rings. The number of hydrogen-bond donors (Lipinski definition) is 1. The van der Waals surface area contributed by atoms with Gasteiger partial charge in [-0.05, 0) is 30.5 Å². The normalized spacial score (nSPS) is 10.5. The standard InChI is InChI=1S/C17H15ClF3NO2/c1-24-17(23)9-22-16-6-10(3-5-13(16)18)2-4-12-14(20)7-11(19)8-15(12)21/h3,5-8,22H,2,4,9H2,1H3. The summed E-state index contributed by atoms with van der Waals surface area (Å²) in [6.45, 7) is -0.0547. The zero-order valence-electron chi connectivity index (χ0n) is 12.8. The minimum absolute atomic E-state index is 0.0547. The van der Waals surface area contributed by atoms with E-state index in [9.17, 15) is 18.0 Å². The molecule has 0 aliphatic carbocycles. The number of benzene rings is 2. The molecule has 0 radical (unpaired) electrons. The monoisotopic (exact) mass is 357 g/mol. The summed E-state index contributed by atoms with van der Waals surface area (Å²) in [6, 6.07) is 6.33. The maximum atomic E-state index is 13.6. The van der Waals surface area contributed by atoms with Crippen LogP contribution in [0, 0.1) is 17.5 Å². The van der Waals surface area contributed by atoms with E-state index in [0.29, 0.717) is 29.3 Å². The van der Waals surface area contributed by atoms with Crippen LogP contribution in [0.15, 0.2) is 30.3 Å². The van der Waals surface area contributed by atoms with Crippen molar-refractivity contribution in [1.82, 2.24) is 0 Å². The van der Waals surface area contributed by atoms with E-state index in [4.69, 9.17) is 11.6 Å². The van der Waals surface area contributed by atoms with Gasteiger partial charge in [0.1, 0.15) is 24.0 Å². The van der Waals surface area contributed by atoms with Gasteiger partial charge in [0.25, 0.3) is 0 Å². The van der Waals surface area contributed by atoms with Crippen molar-refractivity contribution in [1.29, 1.82) is 0 Å². The smallest absolute Gasteiger partial charge is 0.325 e. The number of methoxy groups -OCH3 is 1. The predicted molar refractivity (Wildman–Crippen MR) is 85.7 cm³/mol. The zero-order valence-corrected chi connectivity index (χ0v) is 13.6. The average molecular weight is 358 g/mol. The van der Waals surface area contributed by atoms with Crippen LogP contribution in [0.5, 0.6) is 0 Å². The summed E-state index contributed by atoms with van der Waals surface area (Å²) in [6.07, 6.45) is 0.388. The van der Waals surface area contributed by atoms with E-state index in [-0.39, 0.29) is 18.5 Å². The first-order valence-corrected chi connectivity index (χ1v) is 7.51. The summed E-state index contributed by atoms with van der Waals surface area (Å²) in [4.78, 5) is 11.2. The van der Waals surface area contributed by atoms with Crippen molar-refractivity contribution in [3.8, 4) is 0 Å². The van der Waals surface area contributed by atoms with Crippen molar-refractivity contribution in [3.05, 3.63) is 63.9 Å². The summed E-state index contributed by atoms with van der Waals surface area (Å²) in [5.74, 6) is -3.22. The summed E-state index contributed by atoms with van der Waals surface area (Å²) in [7, 11) is 1.27. The van der Waals surface area contributed by atoms with E-state index in [2.05, 4.69) is 10.1 Å². The molecule has 0 aromatic heterocycles. The number of carbonyl (C=O) groups excluding carboxylic acids is 1.